The molecule has 4 bridgehead atoms. The zero-order valence-electron chi connectivity index (χ0n) is 15.8. The molecule has 26 heavy (non-hydrogen) atoms. The molecule has 1 aromatic heterocycles. The average molecular weight is 357 g/mol. The van der Waals surface area contributed by atoms with E-state index in [4.69, 9.17) is 0 Å². The number of aliphatic hydroxyl groups is 1. The molecule has 2 heterocycles. The van der Waals surface area contributed by atoms with Crippen molar-refractivity contribution in [2.24, 2.45) is 29.1 Å². The van der Waals surface area contributed by atoms with E-state index in [-0.39, 0.29) is 17.2 Å². The maximum absolute atomic E-state index is 13.1. The molecular formula is C21H31N3O2. The van der Waals surface area contributed by atoms with E-state index in [1.54, 1.807) is 0 Å². The summed E-state index contributed by atoms with van der Waals surface area (Å²) in [7, 11) is 0. The molecule has 1 aliphatic heterocycles. The molecule has 5 aliphatic rings. The molecule has 1 aromatic rings. The van der Waals surface area contributed by atoms with Crippen LogP contribution < -0.4 is 0 Å². The van der Waals surface area contributed by atoms with E-state index in [0.717, 1.165) is 42.0 Å². The van der Waals surface area contributed by atoms with Gasteiger partial charge in [-0.2, -0.15) is 5.10 Å². The summed E-state index contributed by atoms with van der Waals surface area (Å²) in [4.78, 5) is 15.0. The number of amides is 1. The molecule has 142 valence electrons. The van der Waals surface area contributed by atoms with Crippen LogP contribution in [0.1, 0.15) is 56.3 Å². The lowest BCUT2D eigenvalue weighted by Gasteiger charge is -2.56. The number of aryl methyl sites for hydroxylation is 1. The summed E-state index contributed by atoms with van der Waals surface area (Å²) in [6.07, 6.45) is 9.12. The molecule has 5 fully saturated rings. The maximum atomic E-state index is 13.1. The molecule has 1 saturated heterocycles. The number of likely N-dealkylation sites (tertiary alicyclic amines) is 1. The first-order valence-corrected chi connectivity index (χ1v) is 10.4. The Balaban J connectivity index is 1.22. The Kier molecular flexibility index (Phi) is 3.93. The topological polar surface area (TPSA) is 69.2 Å². The second kappa shape index (κ2) is 6.08. The number of nitrogens with one attached hydrogen (secondary N) is 1. The van der Waals surface area contributed by atoms with Crippen LogP contribution in [-0.2, 0) is 11.2 Å². The number of aromatic nitrogens is 2. The van der Waals surface area contributed by atoms with E-state index >= 15 is 0 Å². The number of aromatic amines is 1. The van der Waals surface area contributed by atoms with E-state index in [9.17, 15) is 9.90 Å². The Morgan fingerprint density at radius 2 is 1.88 bits per heavy atom. The number of carbonyl (C=O) groups excluding carboxylic acids is 1. The van der Waals surface area contributed by atoms with Crippen molar-refractivity contribution in [3.8, 4) is 0 Å². The minimum absolute atomic E-state index is 0.109. The minimum Gasteiger partial charge on any atom is -0.391 e. The quantitative estimate of drug-likeness (QED) is 0.870. The van der Waals surface area contributed by atoms with E-state index < -0.39 is 6.10 Å². The summed E-state index contributed by atoms with van der Waals surface area (Å²) in [6, 6.07) is 2.03. The van der Waals surface area contributed by atoms with Gasteiger partial charge in [0, 0.05) is 31.1 Å². The number of rotatable bonds is 4. The Bertz CT molecular complexity index is 662. The standard InChI is InChI=1S/C21H31N3O2/c1-13-2-18(23-22-13)6-17-11-24(12-19(17)25)20(26)10-21-7-14-3-15(8-21)5-16(4-14)9-21/h2,14-17,19,25H,3-12H2,1H3,(H,22,23). The van der Waals surface area contributed by atoms with Crippen LogP contribution in [0.5, 0.6) is 0 Å². The van der Waals surface area contributed by atoms with E-state index in [1.807, 2.05) is 17.9 Å². The summed E-state index contributed by atoms with van der Waals surface area (Å²) in [6.45, 7) is 3.17. The van der Waals surface area contributed by atoms with Gasteiger partial charge in [-0.15, -0.1) is 0 Å². The lowest BCUT2D eigenvalue weighted by Crippen LogP contribution is -2.48. The Morgan fingerprint density at radius 1 is 1.23 bits per heavy atom. The Morgan fingerprint density at radius 3 is 2.46 bits per heavy atom. The first kappa shape index (κ1) is 16.8. The van der Waals surface area contributed by atoms with Crippen molar-refractivity contribution >= 4 is 5.91 Å². The number of β-amino-alcohol motifs (C(OH)–C–C–N with tert-alkyl or cyclic N) is 1. The fourth-order valence-corrected chi connectivity index (χ4v) is 7.05. The van der Waals surface area contributed by atoms with Crippen LogP contribution in [-0.4, -0.2) is 45.3 Å². The van der Waals surface area contributed by atoms with Crippen LogP contribution in [0.4, 0.5) is 0 Å². The van der Waals surface area contributed by atoms with Gasteiger partial charge >= 0.3 is 0 Å². The summed E-state index contributed by atoms with van der Waals surface area (Å²) < 4.78 is 0. The molecule has 0 spiro atoms. The van der Waals surface area contributed by atoms with Gasteiger partial charge in [0.2, 0.25) is 5.91 Å². The highest BCUT2D eigenvalue weighted by Gasteiger charge is 2.52. The second-order valence-corrected chi connectivity index (χ2v) is 9.97. The van der Waals surface area contributed by atoms with Crippen molar-refractivity contribution in [3.63, 3.8) is 0 Å². The van der Waals surface area contributed by atoms with Gasteiger partial charge in [-0.1, -0.05) is 0 Å². The lowest BCUT2D eigenvalue weighted by atomic mass is 9.49. The van der Waals surface area contributed by atoms with Crippen molar-refractivity contribution in [2.45, 2.75) is 64.4 Å². The monoisotopic (exact) mass is 357 g/mol. The molecule has 2 atom stereocenters. The van der Waals surface area contributed by atoms with Gasteiger partial charge in [0.25, 0.3) is 0 Å². The molecule has 4 saturated carbocycles. The fraction of sp³-hybridized carbons (Fsp3) is 0.810. The van der Waals surface area contributed by atoms with E-state index in [1.165, 1.54) is 38.5 Å². The maximum Gasteiger partial charge on any atom is 0.223 e. The lowest BCUT2D eigenvalue weighted by molar-refractivity contribution is -0.138. The molecule has 0 radical (unpaired) electrons. The number of H-pyrrole nitrogens is 1. The Hall–Kier alpha value is -1.36. The van der Waals surface area contributed by atoms with Gasteiger partial charge < -0.3 is 10.0 Å². The van der Waals surface area contributed by atoms with Crippen LogP contribution >= 0.6 is 0 Å². The van der Waals surface area contributed by atoms with Crippen molar-refractivity contribution in [1.82, 2.24) is 15.1 Å². The fourth-order valence-electron chi connectivity index (χ4n) is 7.05. The zero-order chi connectivity index (χ0) is 17.9. The zero-order valence-corrected chi connectivity index (χ0v) is 15.8. The van der Waals surface area contributed by atoms with E-state index in [0.29, 0.717) is 13.1 Å². The van der Waals surface area contributed by atoms with Gasteiger partial charge in [0.05, 0.1) is 11.8 Å². The van der Waals surface area contributed by atoms with Crippen LogP contribution in [0, 0.1) is 36.0 Å². The smallest absolute Gasteiger partial charge is 0.223 e. The SMILES string of the molecule is Cc1cc(CC2CN(C(=O)CC34CC5CC(CC(C5)C3)C4)CC2O)n[nH]1. The van der Waals surface area contributed by atoms with Gasteiger partial charge in [-0.05, 0) is 81.1 Å². The van der Waals surface area contributed by atoms with Crippen LogP contribution in [0.15, 0.2) is 6.07 Å². The Labute approximate surface area is 155 Å². The molecule has 2 unspecified atom stereocenters. The van der Waals surface area contributed by atoms with Gasteiger partial charge in [0.1, 0.15) is 0 Å². The number of nitrogens with zero attached hydrogens (tertiary/aromatic N) is 2. The second-order valence-electron chi connectivity index (χ2n) is 9.97. The first-order valence-electron chi connectivity index (χ1n) is 10.4. The highest BCUT2D eigenvalue weighted by Crippen LogP contribution is 2.61. The molecular weight excluding hydrogens is 326 g/mol. The van der Waals surface area contributed by atoms with Crippen molar-refractivity contribution in [1.29, 1.82) is 0 Å². The van der Waals surface area contributed by atoms with Gasteiger partial charge in [-0.25, -0.2) is 0 Å². The van der Waals surface area contributed by atoms with Crippen molar-refractivity contribution < 1.29 is 9.90 Å². The van der Waals surface area contributed by atoms with Crippen molar-refractivity contribution in [2.75, 3.05) is 13.1 Å². The summed E-state index contributed by atoms with van der Waals surface area (Å²) in [5.41, 5.74) is 2.32. The number of carbonyl (C=O) groups is 1. The van der Waals surface area contributed by atoms with Crippen molar-refractivity contribution in [3.05, 3.63) is 17.5 Å². The van der Waals surface area contributed by atoms with Crippen LogP contribution in [0.2, 0.25) is 0 Å². The molecule has 5 heteroatoms. The predicted octanol–water partition coefficient (Wildman–Crippen LogP) is 2.69. The number of hydrogen-bond donors (Lipinski definition) is 2. The summed E-state index contributed by atoms with van der Waals surface area (Å²) in [5.74, 6) is 3.04. The highest BCUT2D eigenvalue weighted by molar-refractivity contribution is 5.77. The third-order valence-electron chi connectivity index (χ3n) is 7.68. The normalized spacial score (nSPS) is 41.2. The number of hydrogen-bond acceptors (Lipinski definition) is 3. The highest BCUT2D eigenvalue weighted by atomic mass is 16.3. The molecule has 1 amide bonds. The molecule has 6 rings (SSSR count). The molecule has 5 nitrogen and oxygen atoms in total. The predicted molar refractivity (Wildman–Crippen MR) is 98.3 cm³/mol. The molecule has 4 aliphatic carbocycles. The third-order valence-corrected chi connectivity index (χ3v) is 7.68. The number of aliphatic hydroxyl groups excluding tert-OH is 1. The summed E-state index contributed by atoms with van der Waals surface area (Å²) >= 11 is 0. The van der Waals surface area contributed by atoms with Gasteiger partial charge in [0.15, 0.2) is 0 Å². The largest absolute Gasteiger partial charge is 0.391 e. The molecule has 0 aromatic carbocycles. The van der Waals surface area contributed by atoms with Gasteiger partial charge in [-0.3, -0.25) is 9.89 Å². The first-order chi connectivity index (χ1) is 12.5. The average Bonchev–Trinajstić information content (AvgIpc) is 3.12. The molecule has 2 N–H and O–H groups in total. The minimum atomic E-state index is -0.424. The van der Waals surface area contributed by atoms with Crippen LogP contribution in [0.25, 0.3) is 0 Å². The van der Waals surface area contributed by atoms with Crippen LogP contribution in [0.3, 0.4) is 0 Å². The summed E-state index contributed by atoms with van der Waals surface area (Å²) in [5, 5.41) is 17.7. The third kappa shape index (κ3) is 2.98. The van der Waals surface area contributed by atoms with E-state index in [2.05, 4.69) is 10.2 Å².